The van der Waals surface area contributed by atoms with Crippen molar-refractivity contribution in [3.05, 3.63) is 71.4 Å². The molecule has 0 radical (unpaired) electrons. The molecule has 0 saturated carbocycles. The van der Waals surface area contributed by atoms with Crippen LogP contribution in [-0.2, 0) is 25.6 Å². The molecule has 3 N–H and O–H groups in total. The summed E-state index contributed by atoms with van der Waals surface area (Å²) in [5.41, 5.74) is 1.17. The molecule has 2 aromatic carbocycles. The van der Waals surface area contributed by atoms with Gasteiger partial charge < -0.3 is 10.1 Å². The fraction of sp³-hybridized carbons (Fsp3) is 0.273. The monoisotopic (exact) mass is 475 g/mol. The van der Waals surface area contributed by atoms with E-state index in [2.05, 4.69) is 14.6 Å². The summed E-state index contributed by atoms with van der Waals surface area (Å²) < 4.78 is 32.9. The van der Waals surface area contributed by atoms with E-state index in [1.807, 2.05) is 30.3 Å². The SMILES string of the molecule is CC(C)(C)OC(=O)N[C@@H](Cc1ccc(S(=O)(=O)ON)cc1)c1ncc(-c2ccccc2)s1. The Balaban J connectivity index is 1.86. The first-order chi connectivity index (χ1) is 15.1. The zero-order valence-electron chi connectivity index (χ0n) is 17.9. The lowest BCUT2D eigenvalue weighted by molar-refractivity contribution is 0.0503. The van der Waals surface area contributed by atoms with Crippen molar-refractivity contribution in [1.29, 1.82) is 0 Å². The Kier molecular flexibility index (Phi) is 7.29. The Labute approximate surface area is 191 Å². The van der Waals surface area contributed by atoms with Crippen LogP contribution in [-0.4, -0.2) is 25.1 Å². The molecule has 1 atom stereocenters. The number of nitrogens with one attached hydrogen (secondary N) is 1. The number of hydrogen-bond donors (Lipinski definition) is 2. The third-order valence-electron chi connectivity index (χ3n) is 4.35. The third kappa shape index (κ3) is 6.36. The molecule has 10 heteroatoms. The number of ether oxygens (including phenoxy) is 1. The smallest absolute Gasteiger partial charge is 0.408 e. The van der Waals surface area contributed by atoms with Crippen LogP contribution in [0.15, 0.2) is 65.7 Å². The zero-order valence-corrected chi connectivity index (χ0v) is 19.6. The van der Waals surface area contributed by atoms with E-state index in [0.29, 0.717) is 11.4 Å². The standard InChI is InChI=1S/C22H25N3O5S2/c1-22(2,3)29-21(26)25-18(13-15-9-11-17(12-10-15)32(27,28)30-23)20-24-14-19(31-20)16-7-5-4-6-8-16/h4-12,14,18H,13,23H2,1-3H3,(H,25,26)/t18-/m0/s1. The molecule has 1 aromatic heterocycles. The quantitative estimate of drug-likeness (QED) is 0.491. The number of carbonyl (C=O) groups is 1. The highest BCUT2D eigenvalue weighted by atomic mass is 32.2. The number of benzene rings is 2. The first-order valence-electron chi connectivity index (χ1n) is 9.80. The van der Waals surface area contributed by atoms with E-state index in [9.17, 15) is 13.2 Å². The summed E-state index contributed by atoms with van der Waals surface area (Å²) in [6, 6.07) is 15.4. The van der Waals surface area contributed by atoms with E-state index in [4.69, 9.17) is 10.6 Å². The fourth-order valence-corrected chi connectivity index (χ4v) is 4.47. The first-order valence-corrected chi connectivity index (χ1v) is 12.0. The van der Waals surface area contributed by atoms with Gasteiger partial charge in [-0.25, -0.2) is 9.78 Å². The maximum Gasteiger partial charge on any atom is 0.408 e. The molecule has 0 bridgehead atoms. The van der Waals surface area contributed by atoms with E-state index >= 15 is 0 Å². The summed E-state index contributed by atoms with van der Waals surface area (Å²) in [6.45, 7) is 5.37. The summed E-state index contributed by atoms with van der Waals surface area (Å²) in [5.74, 6) is 4.83. The second kappa shape index (κ2) is 9.78. The van der Waals surface area contributed by atoms with E-state index in [-0.39, 0.29) is 4.90 Å². The molecule has 0 aliphatic rings. The normalized spacial score (nSPS) is 12.9. The minimum absolute atomic E-state index is 0.0546. The summed E-state index contributed by atoms with van der Waals surface area (Å²) in [6.07, 6.45) is 1.59. The molecular weight excluding hydrogens is 450 g/mol. The number of amides is 1. The summed E-state index contributed by atoms with van der Waals surface area (Å²) in [5, 5.41) is 3.59. The molecule has 8 nitrogen and oxygen atoms in total. The molecular formula is C22H25N3O5S2. The van der Waals surface area contributed by atoms with Crippen LogP contribution in [0.5, 0.6) is 0 Å². The predicted molar refractivity (Wildman–Crippen MR) is 122 cm³/mol. The molecule has 0 fully saturated rings. The van der Waals surface area contributed by atoms with Gasteiger partial charge in [0.25, 0.3) is 0 Å². The molecule has 32 heavy (non-hydrogen) atoms. The van der Waals surface area contributed by atoms with Gasteiger partial charge in [0.2, 0.25) is 0 Å². The van der Waals surface area contributed by atoms with Gasteiger partial charge in [-0.2, -0.15) is 18.6 Å². The second-order valence-electron chi connectivity index (χ2n) is 8.03. The van der Waals surface area contributed by atoms with Crippen molar-refractivity contribution < 1.29 is 22.2 Å². The van der Waals surface area contributed by atoms with Gasteiger partial charge >= 0.3 is 16.2 Å². The number of nitrogens with two attached hydrogens (primary N) is 1. The van der Waals surface area contributed by atoms with Gasteiger partial charge in [-0.05, 0) is 50.5 Å². The molecule has 0 spiro atoms. The maximum absolute atomic E-state index is 12.5. The molecule has 3 rings (SSSR count). The number of alkyl carbamates (subject to hydrolysis) is 1. The van der Waals surface area contributed by atoms with Crippen molar-refractivity contribution in [2.45, 2.75) is 43.7 Å². The van der Waals surface area contributed by atoms with Crippen LogP contribution >= 0.6 is 11.3 Å². The maximum atomic E-state index is 12.5. The highest BCUT2D eigenvalue weighted by Gasteiger charge is 2.24. The molecule has 1 amide bonds. The van der Waals surface area contributed by atoms with E-state index < -0.39 is 27.9 Å². The first kappa shape index (κ1) is 23.9. The minimum Gasteiger partial charge on any atom is -0.444 e. The van der Waals surface area contributed by atoms with Crippen molar-refractivity contribution in [2.75, 3.05) is 0 Å². The van der Waals surface area contributed by atoms with Crippen molar-refractivity contribution in [3.63, 3.8) is 0 Å². The molecule has 170 valence electrons. The van der Waals surface area contributed by atoms with Gasteiger partial charge in [0.05, 0.1) is 15.8 Å². The van der Waals surface area contributed by atoms with Crippen LogP contribution in [0.4, 0.5) is 4.79 Å². The lowest BCUT2D eigenvalue weighted by atomic mass is 10.1. The molecule has 0 unspecified atom stereocenters. The number of nitrogens with zero attached hydrogens (tertiary/aromatic N) is 1. The predicted octanol–water partition coefficient (Wildman–Crippen LogP) is 4.20. The summed E-state index contributed by atoms with van der Waals surface area (Å²) >= 11 is 1.47. The second-order valence-corrected chi connectivity index (χ2v) is 10.7. The van der Waals surface area contributed by atoms with E-state index in [0.717, 1.165) is 16.0 Å². The van der Waals surface area contributed by atoms with Gasteiger partial charge in [-0.15, -0.1) is 11.3 Å². The highest BCUT2D eigenvalue weighted by molar-refractivity contribution is 7.86. The largest absolute Gasteiger partial charge is 0.444 e. The van der Waals surface area contributed by atoms with Gasteiger partial charge in [-0.1, -0.05) is 42.5 Å². The van der Waals surface area contributed by atoms with Crippen molar-refractivity contribution >= 4 is 27.5 Å². The average Bonchev–Trinajstić information content (AvgIpc) is 3.23. The van der Waals surface area contributed by atoms with Gasteiger partial charge in [0.15, 0.2) is 0 Å². The number of rotatable bonds is 7. The summed E-state index contributed by atoms with van der Waals surface area (Å²) in [4.78, 5) is 17.9. The summed E-state index contributed by atoms with van der Waals surface area (Å²) in [7, 11) is -3.98. The van der Waals surface area contributed by atoms with Gasteiger partial charge in [0, 0.05) is 6.20 Å². The van der Waals surface area contributed by atoms with Crippen LogP contribution in [0.2, 0.25) is 0 Å². The van der Waals surface area contributed by atoms with Crippen LogP contribution < -0.4 is 11.2 Å². The highest BCUT2D eigenvalue weighted by Crippen LogP contribution is 2.31. The minimum atomic E-state index is -3.98. The van der Waals surface area contributed by atoms with Crippen LogP contribution in [0.3, 0.4) is 0 Å². The molecule has 3 aromatic rings. The molecule has 0 saturated heterocycles. The number of aromatic nitrogens is 1. The molecule has 1 heterocycles. The third-order valence-corrected chi connectivity index (χ3v) is 6.61. The average molecular weight is 476 g/mol. The number of hydrogen-bond acceptors (Lipinski definition) is 8. The van der Waals surface area contributed by atoms with Gasteiger partial charge in [0.1, 0.15) is 10.6 Å². The van der Waals surface area contributed by atoms with Gasteiger partial charge in [-0.3, -0.25) is 0 Å². The van der Waals surface area contributed by atoms with Crippen molar-refractivity contribution in [1.82, 2.24) is 10.3 Å². The van der Waals surface area contributed by atoms with E-state index in [1.165, 1.54) is 23.5 Å². The number of thiazole rings is 1. The number of carbonyl (C=O) groups excluding carboxylic acids is 1. The Morgan fingerprint density at radius 3 is 2.38 bits per heavy atom. The van der Waals surface area contributed by atoms with Crippen LogP contribution in [0.25, 0.3) is 10.4 Å². The van der Waals surface area contributed by atoms with Crippen molar-refractivity contribution in [2.24, 2.45) is 5.90 Å². The Morgan fingerprint density at radius 1 is 1.12 bits per heavy atom. The topological polar surface area (TPSA) is 121 Å². The Morgan fingerprint density at radius 2 is 1.78 bits per heavy atom. The lowest BCUT2D eigenvalue weighted by Gasteiger charge is -2.23. The fourth-order valence-electron chi connectivity index (χ4n) is 2.92. The molecule has 0 aliphatic heterocycles. The van der Waals surface area contributed by atoms with Crippen molar-refractivity contribution in [3.8, 4) is 10.4 Å². The van der Waals surface area contributed by atoms with Crippen LogP contribution in [0.1, 0.15) is 37.4 Å². The Hall–Kier alpha value is -2.79. The lowest BCUT2D eigenvalue weighted by Crippen LogP contribution is -2.35. The Bertz CT molecular complexity index is 1150. The van der Waals surface area contributed by atoms with Crippen LogP contribution in [0, 0.1) is 0 Å². The zero-order chi connectivity index (χ0) is 23.4. The van der Waals surface area contributed by atoms with E-state index in [1.54, 1.807) is 39.1 Å². The molecule has 0 aliphatic carbocycles.